The number of hydrogen-bond donors (Lipinski definition) is 0. The molecule has 0 bridgehead atoms. The van der Waals surface area contributed by atoms with E-state index in [0.29, 0.717) is 16.3 Å². The second-order valence-corrected chi connectivity index (χ2v) is 3.90. The molecular weight excluding hydrogens is 266 g/mol. The summed E-state index contributed by atoms with van der Waals surface area (Å²) >= 11 is 11.4. The van der Waals surface area contributed by atoms with Crippen LogP contribution in [0.25, 0.3) is 0 Å². The molecule has 0 aromatic carbocycles. The van der Waals surface area contributed by atoms with Crippen molar-refractivity contribution >= 4 is 23.2 Å². The minimum Gasteiger partial charge on any atom is -0.437 e. The molecule has 0 saturated carbocycles. The Labute approximate surface area is 107 Å². The average molecular weight is 273 g/mol. The molecule has 2 aromatic heterocycles. The van der Waals surface area contributed by atoms with Gasteiger partial charge in [-0.05, 0) is 6.07 Å². The summed E-state index contributed by atoms with van der Waals surface area (Å²) < 4.78 is 18.4. The van der Waals surface area contributed by atoms with E-state index in [1.807, 2.05) is 0 Å². The number of rotatable bonds is 3. The predicted molar refractivity (Wildman–Crippen MR) is 63.1 cm³/mol. The molecule has 0 aliphatic heterocycles. The molecule has 6 heteroatoms. The number of pyridine rings is 2. The summed E-state index contributed by atoms with van der Waals surface area (Å²) in [7, 11) is 0. The first-order valence-corrected chi connectivity index (χ1v) is 5.59. The van der Waals surface area contributed by atoms with Crippen molar-refractivity contribution in [1.82, 2.24) is 9.97 Å². The fraction of sp³-hybridized carbons (Fsp3) is 0.0909. The van der Waals surface area contributed by atoms with Crippen LogP contribution in [0.5, 0.6) is 11.6 Å². The standard InChI is InChI=1S/C11H7Cl2FN2O/c12-3-7-1-9(14)5-16-11(7)17-10-2-8(13)4-15-6-10/h1-2,4-6H,3H2. The molecule has 0 saturated heterocycles. The van der Waals surface area contributed by atoms with Crippen LogP contribution in [-0.4, -0.2) is 9.97 Å². The van der Waals surface area contributed by atoms with Gasteiger partial charge in [-0.1, -0.05) is 11.6 Å². The Morgan fingerprint density at radius 2 is 2.06 bits per heavy atom. The molecule has 88 valence electrons. The maximum absolute atomic E-state index is 12.9. The van der Waals surface area contributed by atoms with Gasteiger partial charge in [0.15, 0.2) is 0 Å². The minimum atomic E-state index is -0.461. The summed E-state index contributed by atoms with van der Waals surface area (Å²) in [5, 5.41) is 0.442. The summed E-state index contributed by atoms with van der Waals surface area (Å²) in [5.74, 6) is 0.305. The number of alkyl halides is 1. The van der Waals surface area contributed by atoms with Gasteiger partial charge in [0.2, 0.25) is 5.88 Å². The minimum absolute atomic E-state index is 0.105. The highest BCUT2D eigenvalue weighted by Crippen LogP contribution is 2.25. The molecule has 0 fully saturated rings. The van der Waals surface area contributed by atoms with Crippen molar-refractivity contribution in [1.29, 1.82) is 0 Å². The number of hydrogen-bond acceptors (Lipinski definition) is 3. The van der Waals surface area contributed by atoms with Crippen LogP contribution in [-0.2, 0) is 5.88 Å². The van der Waals surface area contributed by atoms with Gasteiger partial charge < -0.3 is 4.74 Å². The lowest BCUT2D eigenvalue weighted by Gasteiger charge is -2.07. The van der Waals surface area contributed by atoms with Crippen molar-refractivity contribution in [2.45, 2.75) is 5.88 Å². The zero-order chi connectivity index (χ0) is 12.3. The number of aromatic nitrogens is 2. The third kappa shape index (κ3) is 3.05. The molecular formula is C11H7Cl2FN2O. The quantitative estimate of drug-likeness (QED) is 0.798. The summed E-state index contributed by atoms with van der Waals surface area (Å²) in [6.45, 7) is 0. The fourth-order valence-corrected chi connectivity index (χ4v) is 1.57. The van der Waals surface area contributed by atoms with E-state index in [1.165, 1.54) is 18.5 Å². The van der Waals surface area contributed by atoms with Crippen LogP contribution in [0.15, 0.2) is 30.7 Å². The summed E-state index contributed by atoms with van der Waals surface area (Å²) in [5.41, 5.74) is 0.464. The first-order valence-electron chi connectivity index (χ1n) is 4.68. The van der Waals surface area contributed by atoms with Crippen molar-refractivity contribution in [3.63, 3.8) is 0 Å². The Morgan fingerprint density at radius 3 is 2.76 bits per heavy atom. The lowest BCUT2D eigenvalue weighted by molar-refractivity contribution is 0.452. The predicted octanol–water partition coefficient (Wildman–Crippen LogP) is 3.80. The van der Waals surface area contributed by atoms with E-state index in [0.717, 1.165) is 6.20 Å². The largest absolute Gasteiger partial charge is 0.437 e. The monoisotopic (exact) mass is 272 g/mol. The number of halogens is 3. The molecule has 0 spiro atoms. The Hall–Kier alpha value is -1.39. The summed E-state index contributed by atoms with van der Waals surface area (Å²) in [6, 6.07) is 2.85. The number of ether oxygens (including phenoxy) is 1. The zero-order valence-corrected chi connectivity index (χ0v) is 10.0. The van der Waals surface area contributed by atoms with Gasteiger partial charge in [-0.2, -0.15) is 0 Å². The average Bonchev–Trinajstić information content (AvgIpc) is 2.31. The highest BCUT2D eigenvalue weighted by atomic mass is 35.5. The molecule has 0 N–H and O–H groups in total. The van der Waals surface area contributed by atoms with Gasteiger partial charge in [-0.25, -0.2) is 9.37 Å². The molecule has 2 rings (SSSR count). The van der Waals surface area contributed by atoms with Crippen LogP contribution in [0.4, 0.5) is 4.39 Å². The van der Waals surface area contributed by atoms with Gasteiger partial charge in [0.25, 0.3) is 0 Å². The third-order valence-electron chi connectivity index (χ3n) is 1.93. The molecule has 2 heterocycles. The second kappa shape index (κ2) is 5.29. The molecule has 0 radical (unpaired) electrons. The smallest absolute Gasteiger partial charge is 0.223 e. The maximum Gasteiger partial charge on any atom is 0.223 e. The lowest BCUT2D eigenvalue weighted by atomic mass is 10.3. The molecule has 0 unspecified atom stereocenters. The van der Waals surface area contributed by atoms with E-state index in [4.69, 9.17) is 27.9 Å². The van der Waals surface area contributed by atoms with Gasteiger partial charge in [-0.3, -0.25) is 4.98 Å². The van der Waals surface area contributed by atoms with E-state index in [2.05, 4.69) is 9.97 Å². The summed E-state index contributed by atoms with van der Waals surface area (Å²) in [4.78, 5) is 7.68. The molecule has 17 heavy (non-hydrogen) atoms. The Bertz CT molecular complexity index is 537. The van der Waals surface area contributed by atoms with E-state index in [-0.39, 0.29) is 11.8 Å². The van der Waals surface area contributed by atoms with Crippen molar-refractivity contribution in [3.05, 3.63) is 47.1 Å². The van der Waals surface area contributed by atoms with Crippen molar-refractivity contribution in [3.8, 4) is 11.6 Å². The van der Waals surface area contributed by atoms with Gasteiger partial charge in [0, 0.05) is 17.8 Å². The van der Waals surface area contributed by atoms with Gasteiger partial charge >= 0.3 is 0 Å². The zero-order valence-electron chi connectivity index (χ0n) is 8.53. The van der Waals surface area contributed by atoms with Gasteiger partial charge in [0.05, 0.1) is 23.3 Å². The SMILES string of the molecule is Fc1cnc(Oc2cncc(Cl)c2)c(CCl)c1. The Kier molecular flexibility index (Phi) is 3.76. The van der Waals surface area contributed by atoms with Crippen LogP contribution in [0.2, 0.25) is 5.02 Å². The van der Waals surface area contributed by atoms with E-state index < -0.39 is 5.82 Å². The van der Waals surface area contributed by atoms with Crippen LogP contribution in [0.3, 0.4) is 0 Å². The molecule has 2 aromatic rings. The topological polar surface area (TPSA) is 35.0 Å². The lowest BCUT2D eigenvalue weighted by Crippen LogP contribution is -1.94. The highest BCUT2D eigenvalue weighted by molar-refractivity contribution is 6.30. The van der Waals surface area contributed by atoms with Crippen molar-refractivity contribution in [2.24, 2.45) is 0 Å². The molecule has 0 aliphatic rings. The molecule has 0 atom stereocenters. The van der Waals surface area contributed by atoms with E-state index >= 15 is 0 Å². The molecule has 3 nitrogen and oxygen atoms in total. The summed E-state index contributed by atoms with van der Waals surface area (Å²) in [6.07, 6.45) is 4.02. The number of nitrogens with zero attached hydrogens (tertiary/aromatic N) is 2. The fourth-order valence-electron chi connectivity index (χ4n) is 1.22. The van der Waals surface area contributed by atoms with Crippen molar-refractivity contribution < 1.29 is 9.13 Å². The van der Waals surface area contributed by atoms with Crippen LogP contribution in [0, 0.1) is 5.82 Å². The first kappa shape index (κ1) is 12.1. The third-order valence-corrected chi connectivity index (χ3v) is 2.42. The second-order valence-electron chi connectivity index (χ2n) is 3.19. The van der Waals surface area contributed by atoms with E-state index in [9.17, 15) is 4.39 Å². The molecule has 0 amide bonds. The normalized spacial score (nSPS) is 10.3. The highest BCUT2D eigenvalue weighted by Gasteiger charge is 2.08. The van der Waals surface area contributed by atoms with Crippen LogP contribution >= 0.6 is 23.2 Å². The Morgan fingerprint density at radius 1 is 1.24 bits per heavy atom. The Balaban J connectivity index is 2.29. The van der Waals surface area contributed by atoms with Crippen LogP contribution in [0.1, 0.15) is 5.56 Å². The maximum atomic E-state index is 12.9. The molecule has 0 aliphatic carbocycles. The first-order chi connectivity index (χ1) is 8.19. The van der Waals surface area contributed by atoms with E-state index in [1.54, 1.807) is 6.07 Å². The van der Waals surface area contributed by atoms with Crippen molar-refractivity contribution in [2.75, 3.05) is 0 Å². The van der Waals surface area contributed by atoms with Crippen LogP contribution < -0.4 is 4.74 Å². The van der Waals surface area contributed by atoms with Gasteiger partial charge in [0.1, 0.15) is 11.6 Å². The van der Waals surface area contributed by atoms with Gasteiger partial charge in [-0.15, -0.1) is 11.6 Å².